The van der Waals surface area contributed by atoms with E-state index in [2.05, 4.69) is 21.1 Å². The molecule has 1 atom stereocenters. The van der Waals surface area contributed by atoms with Gasteiger partial charge in [0.05, 0.1) is 17.6 Å². The molecule has 1 heterocycles. The summed E-state index contributed by atoms with van der Waals surface area (Å²) in [6.07, 6.45) is 3.36. The van der Waals surface area contributed by atoms with Crippen LogP contribution >= 0.6 is 0 Å². The fraction of sp³-hybridized carbons (Fsp3) is 0.286. The van der Waals surface area contributed by atoms with Gasteiger partial charge in [-0.2, -0.15) is 10.2 Å². The zero-order valence-electron chi connectivity index (χ0n) is 15.9. The van der Waals surface area contributed by atoms with Crippen LogP contribution in [0.2, 0.25) is 0 Å². The molecule has 146 valence electrons. The minimum absolute atomic E-state index is 0.0501. The van der Waals surface area contributed by atoms with E-state index < -0.39 is 0 Å². The highest BCUT2D eigenvalue weighted by Crippen LogP contribution is 2.30. The molecule has 2 aromatic rings. The van der Waals surface area contributed by atoms with Gasteiger partial charge in [-0.25, -0.2) is 5.43 Å². The van der Waals surface area contributed by atoms with Crippen LogP contribution in [-0.4, -0.2) is 28.0 Å². The summed E-state index contributed by atoms with van der Waals surface area (Å²) in [4.78, 5) is 11.4. The average molecular weight is 380 g/mol. The first-order valence-electron chi connectivity index (χ1n) is 9.29. The topological polar surface area (TPSA) is 106 Å². The normalized spacial score (nSPS) is 16.7. The molecule has 0 bridgehead atoms. The number of rotatable bonds is 6. The molecule has 0 aliphatic carbocycles. The van der Waals surface area contributed by atoms with E-state index in [4.69, 9.17) is 0 Å². The number of amides is 1. The van der Waals surface area contributed by atoms with E-state index in [1.165, 1.54) is 6.21 Å². The Morgan fingerprint density at radius 2 is 2.00 bits per heavy atom. The number of anilines is 1. The molecule has 1 aliphatic rings. The van der Waals surface area contributed by atoms with Crippen LogP contribution < -0.4 is 10.9 Å². The van der Waals surface area contributed by atoms with Crippen molar-refractivity contribution in [1.82, 2.24) is 5.43 Å². The Bertz CT molecular complexity index is 920. The molecule has 2 aromatic carbocycles. The number of nitrogens with zero attached hydrogens (tertiary/aromatic N) is 2. The van der Waals surface area contributed by atoms with Crippen LogP contribution in [0.25, 0.3) is 0 Å². The molecule has 0 saturated carbocycles. The van der Waals surface area contributed by atoms with E-state index >= 15 is 0 Å². The summed E-state index contributed by atoms with van der Waals surface area (Å²) in [7, 11) is 0. The number of carbonyl (C=O) groups excluding carboxylic acids is 1. The van der Waals surface area contributed by atoms with Crippen molar-refractivity contribution in [3.05, 3.63) is 53.1 Å². The Hall–Kier alpha value is -3.35. The summed E-state index contributed by atoms with van der Waals surface area (Å²) in [5.41, 5.74) is 9.09. The van der Waals surface area contributed by atoms with Gasteiger partial charge in [-0.15, -0.1) is 0 Å². The maximum Gasteiger partial charge on any atom is 0.240 e. The highest BCUT2D eigenvalue weighted by Gasteiger charge is 2.21. The maximum absolute atomic E-state index is 11.4. The van der Waals surface area contributed by atoms with E-state index in [1.54, 1.807) is 12.1 Å². The van der Waals surface area contributed by atoms with Gasteiger partial charge in [0, 0.05) is 23.5 Å². The summed E-state index contributed by atoms with van der Waals surface area (Å²) in [6, 6.07) is 10.8. The number of hydrogen-bond donors (Lipinski definition) is 4. The summed E-state index contributed by atoms with van der Waals surface area (Å²) in [5, 5.41) is 28.5. The molecule has 4 N–H and O–H groups in total. The highest BCUT2D eigenvalue weighted by molar-refractivity contribution is 6.05. The largest absolute Gasteiger partial charge is 0.508 e. The number of aromatic hydroxyl groups is 2. The van der Waals surface area contributed by atoms with Gasteiger partial charge in [-0.1, -0.05) is 32.4 Å². The van der Waals surface area contributed by atoms with Gasteiger partial charge in [-0.05, 0) is 36.2 Å². The molecule has 0 saturated heterocycles. The first kappa shape index (κ1) is 19.4. The third-order valence-electron chi connectivity index (χ3n) is 4.63. The Balaban J connectivity index is 1.69. The molecule has 7 nitrogen and oxygen atoms in total. The lowest BCUT2D eigenvalue weighted by Gasteiger charge is -2.19. The van der Waals surface area contributed by atoms with Crippen molar-refractivity contribution in [2.24, 2.45) is 16.1 Å². The summed E-state index contributed by atoms with van der Waals surface area (Å²) < 4.78 is 0. The van der Waals surface area contributed by atoms with E-state index in [0.29, 0.717) is 24.0 Å². The SMILES string of the molecule is CCCc1c(O)ccc(C=NNc2ccc(C3=NNC(=O)CC3C)cc2)c1O. The zero-order valence-corrected chi connectivity index (χ0v) is 15.9. The van der Waals surface area contributed by atoms with Crippen molar-refractivity contribution in [2.75, 3.05) is 5.43 Å². The van der Waals surface area contributed by atoms with Crippen molar-refractivity contribution in [1.29, 1.82) is 0 Å². The molecule has 7 heteroatoms. The molecule has 0 radical (unpaired) electrons. The molecule has 28 heavy (non-hydrogen) atoms. The zero-order chi connectivity index (χ0) is 20.1. The second kappa shape index (κ2) is 8.56. The van der Waals surface area contributed by atoms with Crippen LogP contribution in [-0.2, 0) is 11.2 Å². The van der Waals surface area contributed by atoms with Gasteiger partial charge >= 0.3 is 0 Å². The third-order valence-corrected chi connectivity index (χ3v) is 4.63. The number of nitrogens with one attached hydrogen (secondary N) is 2. The van der Waals surface area contributed by atoms with E-state index in [0.717, 1.165) is 23.4 Å². The van der Waals surface area contributed by atoms with Crippen LogP contribution in [0.15, 0.2) is 46.6 Å². The molecule has 1 amide bonds. The fourth-order valence-electron chi connectivity index (χ4n) is 3.14. The van der Waals surface area contributed by atoms with Gasteiger partial charge in [0.1, 0.15) is 11.5 Å². The lowest BCUT2D eigenvalue weighted by atomic mass is 9.94. The van der Waals surface area contributed by atoms with Crippen molar-refractivity contribution in [3.63, 3.8) is 0 Å². The number of phenolic OH excluding ortho intramolecular Hbond substituents is 2. The van der Waals surface area contributed by atoms with Crippen molar-refractivity contribution in [2.45, 2.75) is 33.1 Å². The van der Waals surface area contributed by atoms with Crippen LogP contribution in [0, 0.1) is 5.92 Å². The molecule has 0 aromatic heterocycles. The molecule has 1 aliphatic heterocycles. The Morgan fingerprint density at radius 1 is 1.25 bits per heavy atom. The van der Waals surface area contributed by atoms with Gasteiger partial charge in [0.15, 0.2) is 0 Å². The van der Waals surface area contributed by atoms with Crippen LogP contribution in [0.3, 0.4) is 0 Å². The molecular formula is C21H24N4O3. The molecular weight excluding hydrogens is 356 g/mol. The Morgan fingerprint density at radius 3 is 2.68 bits per heavy atom. The van der Waals surface area contributed by atoms with E-state index in [-0.39, 0.29) is 23.3 Å². The van der Waals surface area contributed by atoms with Gasteiger partial charge < -0.3 is 10.2 Å². The van der Waals surface area contributed by atoms with Crippen molar-refractivity contribution < 1.29 is 15.0 Å². The fourth-order valence-corrected chi connectivity index (χ4v) is 3.14. The average Bonchev–Trinajstić information content (AvgIpc) is 2.68. The quantitative estimate of drug-likeness (QED) is 0.455. The predicted octanol–water partition coefficient (Wildman–Crippen LogP) is 3.36. The Kier molecular flexibility index (Phi) is 5.93. The molecule has 0 spiro atoms. The summed E-state index contributed by atoms with van der Waals surface area (Å²) >= 11 is 0. The Labute approximate surface area is 163 Å². The van der Waals surface area contributed by atoms with Crippen molar-refractivity contribution >= 4 is 23.5 Å². The molecule has 0 fully saturated rings. The molecule has 1 unspecified atom stereocenters. The minimum Gasteiger partial charge on any atom is -0.508 e. The number of carbonyl (C=O) groups is 1. The van der Waals surface area contributed by atoms with Gasteiger partial charge in [0.2, 0.25) is 5.91 Å². The van der Waals surface area contributed by atoms with Crippen molar-refractivity contribution in [3.8, 4) is 11.5 Å². The predicted molar refractivity (Wildman–Crippen MR) is 110 cm³/mol. The first-order valence-corrected chi connectivity index (χ1v) is 9.29. The monoisotopic (exact) mass is 380 g/mol. The first-order chi connectivity index (χ1) is 13.5. The van der Waals surface area contributed by atoms with Gasteiger partial charge in [0.25, 0.3) is 0 Å². The van der Waals surface area contributed by atoms with E-state index in [9.17, 15) is 15.0 Å². The molecule has 3 rings (SSSR count). The summed E-state index contributed by atoms with van der Waals surface area (Å²) in [5.74, 6) is 0.147. The highest BCUT2D eigenvalue weighted by atomic mass is 16.3. The minimum atomic E-state index is -0.0662. The second-order valence-electron chi connectivity index (χ2n) is 6.84. The lowest BCUT2D eigenvalue weighted by molar-refractivity contribution is -0.121. The smallest absolute Gasteiger partial charge is 0.240 e. The lowest BCUT2D eigenvalue weighted by Crippen LogP contribution is -2.31. The van der Waals surface area contributed by atoms with E-state index in [1.807, 2.05) is 38.1 Å². The number of hydrogen-bond acceptors (Lipinski definition) is 6. The van der Waals surface area contributed by atoms with Crippen LogP contribution in [0.1, 0.15) is 43.4 Å². The number of phenols is 2. The third kappa shape index (κ3) is 4.31. The maximum atomic E-state index is 11.4. The number of hydrazone groups is 2. The summed E-state index contributed by atoms with van der Waals surface area (Å²) in [6.45, 7) is 3.96. The standard InChI is InChI=1S/C21H24N4O3/c1-3-4-17-18(26)10-7-15(21(17)28)12-22-23-16-8-5-14(6-9-16)20-13(2)11-19(27)24-25-20/h5-10,12-13,23,26,28H,3-4,11H2,1-2H3,(H,24,27). The van der Waals surface area contributed by atoms with Crippen LogP contribution in [0.4, 0.5) is 5.69 Å². The van der Waals surface area contributed by atoms with Crippen LogP contribution in [0.5, 0.6) is 11.5 Å². The number of benzene rings is 2. The van der Waals surface area contributed by atoms with Gasteiger partial charge in [-0.3, -0.25) is 10.2 Å². The second-order valence-corrected chi connectivity index (χ2v) is 6.84.